The summed E-state index contributed by atoms with van der Waals surface area (Å²) in [6.45, 7) is 4.13. The van der Waals surface area contributed by atoms with E-state index in [2.05, 4.69) is 15.5 Å². The predicted molar refractivity (Wildman–Crippen MR) is 123 cm³/mol. The molecular formula is C25H21N3O6. The first-order valence-corrected chi connectivity index (χ1v) is 10.7. The van der Waals surface area contributed by atoms with Crippen molar-refractivity contribution in [3.8, 4) is 22.8 Å². The van der Waals surface area contributed by atoms with Crippen LogP contribution in [0.4, 0.5) is 5.69 Å². The Morgan fingerprint density at radius 1 is 1.03 bits per heavy atom. The summed E-state index contributed by atoms with van der Waals surface area (Å²) in [5.74, 6) is -0.00523. The summed E-state index contributed by atoms with van der Waals surface area (Å²) >= 11 is 0. The maximum Gasteiger partial charge on any atom is 0.339 e. The van der Waals surface area contributed by atoms with Gasteiger partial charge in [-0.1, -0.05) is 35.5 Å². The lowest BCUT2D eigenvalue weighted by Gasteiger charge is -2.19. The molecule has 9 heteroatoms. The molecular weight excluding hydrogens is 438 g/mol. The van der Waals surface area contributed by atoms with E-state index in [9.17, 15) is 9.59 Å². The third kappa shape index (κ3) is 4.15. The highest BCUT2D eigenvalue weighted by atomic mass is 16.6. The molecule has 1 unspecified atom stereocenters. The monoisotopic (exact) mass is 459 g/mol. The fourth-order valence-corrected chi connectivity index (χ4v) is 3.66. The molecule has 3 heterocycles. The number of benzene rings is 2. The molecule has 1 aliphatic heterocycles. The molecule has 5 rings (SSSR count). The Morgan fingerprint density at radius 3 is 2.59 bits per heavy atom. The topological polar surface area (TPSA) is 113 Å². The first kappa shape index (κ1) is 21.4. The summed E-state index contributed by atoms with van der Waals surface area (Å²) in [6.07, 6.45) is -1.07. The second-order valence-electron chi connectivity index (χ2n) is 7.76. The number of carbonyl (C=O) groups is 2. The minimum Gasteiger partial charge on any atom is -0.486 e. The maximum absolute atomic E-state index is 13.1. The van der Waals surface area contributed by atoms with Gasteiger partial charge in [-0.3, -0.25) is 4.79 Å². The number of nitrogens with one attached hydrogen (secondary N) is 1. The summed E-state index contributed by atoms with van der Waals surface area (Å²) in [5.41, 5.74) is 2.79. The molecule has 2 aromatic heterocycles. The van der Waals surface area contributed by atoms with Crippen molar-refractivity contribution in [3.05, 3.63) is 65.9 Å². The van der Waals surface area contributed by atoms with Gasteiger partial charge in [0.1, 0.15) is 13.2 Å². The van der Waals surface area contributed by atoms with Crippen LogP contribution in [-0.2, 0) is 9.53 Å². The Morgan fingerprint density at radius 2 is 1.79 bits per heavy atom. The number of aryl methyl sites for hydroxylation is 1. The number of rotatable bonds is 5. The van der Waals surface area contributed by atoms with Crippen molar-refractivity contribution in [2.75, 3.05) is 18.5 Å². The molecule has 172 valence electrons. The van der Waals surface area contributed by atoms with E-state index in [0.717, 1.165) is 5.56 Å². The van der Waals surface area contributed by atoms with Crippen LogP contribution in [0.2, 0.25) is 0 Å². The van der Waals surface area contributed by atoms with Crippen LogP contribution >= 0.6 is 0 Å². The third-order valence-electron chi connectivity index (χ3n) is 5.37. The zero-order chi connectivity index (χ0) is 23.7. The number of fused-ring (bicyclic) bond motifs is 2. The second-order valence-corrected chi connectivity index (χ2v) is 7.76. The van der Waals surface area contributed by atoms with Crippen LogP contribution in [0.5, 0.6) is 11.5 Å². The van der Waals surface area contributed by atoms with Gasteiger partial charge in [0, 0.05) is 17.3 Å². The Hall–Kier alpha value is -4.40. The molecule has 9 nitrogen and oxygen atoms in total. The van der Waals surface area contributed by atoms with Crippen LogP contribution in [0, 0.1) is 6.92 Å². The molecule has 1 amide bonds. The standard InChI is InChI=1S/C25H21N3O6/c1-14-22-18(13-19(27-24(22)34-28-14)16-6-4-3-5-7-16)25(30)33-15(2)23(29)26-17-8-9-20-21(12-17)32-11-10-31-20/h3-9,12-13,15H,10-11H2,1-2H3,(H,26,29). The highest BCUT2D eigenvalue weighted by molar-refractivity contribution is 6.05. The van der Waals surface area contributed by atoms with Crippen LogP contribution in [0.1, 0.15) is 23.0 Å². The average molecular weight is 459 g/mol. The van der Waals surface area contributed by atoms with Crippen molar-refractivity contribution in [2.45, 2.75) is 20.0 Å². The van der Waals surface area contributed by atoms with Gasteiger partial charge in [-0.15, -0.1) is 0 Å². The molecule has 0 radical (unpaired) electrons. The predicted octanol–water partition coefficient (Wildman–Crippen LogP) is 4.15. The Balaban J connectivity index is 1.36. The van der Waals surface area contributed by atoms with Crippen molar-refractivity contribution in [3.63, 3.8) is 0 Å². The minimum atomic E-state index is -1.07. The van der Waals surface area contributed by atoms with Gasteiger partial charge in [-0.2, -0.15) is 0 Å². The molecule has 1 aliphatic rings. The smallest absolute Gasteiger partial charge is 0.339 e. The summed E-state index contributed by atoms with van der Waals surface area (Å²) in [5, 5.41) is 7.11. The highest BCUT2D eigenvalue weighted by Crippen LogP contribution is 2.33. The Bertz CT molecular complexity index is 1380. The van der Waals surface area contributed by atoms with E-state index in [4.69, 9.17) is 18.7 Å². The van der Waals surface area contributed by atoms with Crippen LogP contribution < -0.4 is 14.8 Å². The van der Waals surface area contributed by atoms with Crippen LogP contribution in [0.3, 0.4) is 0 Å². The Labute approximate surface area is 194 Å². The summed E-state index contributed by atoms with van der Waals surface area (Å²) in [4.78, 5) is 30.3. The van der Waals surface area contributed by atoms with E-state index < -0.39 is 18.0 Å². The van der Waals surface area contributed by atoms with Crippen molar-refractivity contribution in [1.82, 2.24) is 10.1 Å². The molecule has 34 heavy (non-hydrogen) atoms. The van der Waals surface area contributed by atoms with Gasteiger partial charge >= 0.3 is 5.97 Å². The molecule has 0 bridgehead atoms. The van der Waals surface area contributed by atoms with Gasteiger partial charge in [-0.25, -0.2) is 9.78 Å². The molecule has 0 saturated carbocycles. The first-order valence-electron chi connectivity index (χ1n) is 10.7. The van der Waals surface area contributed by atoms with Gasteiger partial charge in [0.05, 0.1) is 22.3 Å². The van der Waals surface area contributed by atoms with Crippen LogP contribution in [0.25, 0.3) is 22.4 Å². The van der Waals surface area contributed by atoms with Crippen molar-refractivity contribution in [1.29, 1.82) is 0 Å². The SMILES string of the molecule is Cc1noc2nc(-c3ccccc3)cc(C(=O)OC(C)C(=O)Nc3ccc4c(c3)OCCO4)c12. The van der Waals surface area contributed by atoms with E-state index in [1.807, 2.05) is 30.3 Å². The lowest BCUT2D eigenvalue weighted by Crippen LogP contribution is -2.30. The highest BCUT2D eigenvalue weighted by Gasteiger charge is 2.25. The Kier molecular flexibility index (Phi) is 5.59. The first-order chi connectivity index (χ1) is 16.5. The van der Waals surface area contributed by atoms with Crippen LogP contribution in [-0.4, -0.2) is 41.3 Å². The molecule has 1 atom stereocenters. The second kappa shape index (κ2) is 8.86. The summed E-state index contributed by atoms with van der Waals surface area (Å²) in [7, 11) is 0. The number of hydrogen-bond donors (Lipinski definition) is 1. The number of ether oxygens (including phenoxy) is 3. The fourth-order valence-electron chi connectivity index (χ4n) is 3.66. The molecule has 2 aromatic carbocycles. The molecule has 1 N–H and O–H groups in total. The van der Waals surface area contributed by atoms with Gasteiger partial charge in [0.2, 0.25) is 0 Å². The lowest BCUT2D eigenvalue weighted by molar-refractivity contribution is -0.123. The van der Waals surface area contributed by atoms with Gasteiger partial charge < -0.3 is 24.1 Å². The summed E-state index contributed by atoms with van der Waals surface area (Å²) < 4.78 is 21.8. The van der Waals surface area contributed by atoms with Crippen molar-refractivity contribution >= 4 is 28.7 Å². The average Bonchev–Trinajstić information content (AvgIpc) is 3.24. The maximum atomic E-state index is 13.1. The molecule has 0 fully saturated rings. The number of esters is 1. The van der Waals surface area contributed by atoms with Gasteiger partial charge in [0.25, 0.3) is 11.6 Å². The molecule has 4 aromatic rings. The molecule has 0 spiro atoms. The fraction of sp³-hybridized carbons (Fsp3) is 0.200. The van der Waals surface area contributed by atoms with Gasteiger partial charge in [0.15, 0.2) is 17.6 Å². The normalized spacial score (nSPS) is 13.4. The number of pyridine rings is 1. The summed E-state index contributed by atoms with van der Waals surface area (Å²) in [6, 6.07) is 16.1. The van der Waals surface area contributed by atoms with Crippen LogP contribution in [0.15, 0.2) is 59.1 Å². The van der Waals surface area contributed by atoms with E-state index >= 15 is 0 Å². The van der Waals surface area contributed by atoms with E-state index in [-0.39, 0.29) is 11.3 Å². The number of hydrogen-bond acceptors (Lipinski definition) is 8. The molecule has 0 saturated heterocycles. The zero-order valence-electron chi connectivity index (χ0n) is 18.5. The van der Waals surface area contributed by atoms with Crippen molar-refractivity contribution < 1.29 is 28.3 Å². The lowest BCUT2D eigenvalue weighted by atomic mass is 10.1. The minimum absolute atomic E-state index is 0.221. The number of nitrogens with zero attached hydrogens (tertiary/aromatic N) is 2. The third-order valence-corrected chi connectivity index (χ3v) is 5.37. The number of aromatic nitrogens is 2. The quantitative estimate of drug-likeness (QED) is 0.443. The van der Waals surface area contributed by atoms with E-state index in [1.165, 1.54) is 6.92 Å². The molecule has 0 aliphatic carbocycles. The van der Waals surface area contributed by atoms with E-state index in [1.54, 1.807) is 31.2 Å². The number of carbonyl (C=O) groups excluding carboxylic acids is 2. The number of anilines is 1. The largest absolute Gasteiger partial charge is 0.486 e. The van der Waals surface area contributed by atoms with Crippen molar-refractivity contribution in [2.24, 2.45) is 0 Å². The van der Waals surface area contributed by atoms with Gasteiger partial charge in [-0.05, 0) is 32.0 Å². The number of amides is 1. The zero-order valence-corrected chi connectivity index (χ0v) is 18.5. The van der Waals surface area contributed by atoms with E-state index in [0.29, 0.717) is 47.2 Å².